The Kier molecular flexibility index (Phi) is 4.87. The second-order valence-corrected chi connectivity index (χ2v) is 5.05. The molecule has 1 aliphatic rings. The van der Waals surface area contributed by atoms with Gasteiger partial charge in [-0.1, -0.05) is 0 Å². The average Bonchev–Trinajstić information content (AvgIpc) is 2.52. The van der Waals surface area contributed by atoms with E-state index in [0.717, 1.165) is 0 Å². The molecule has 1 heterocycles. The number of benzene rings is 1. The largest absolute Gasteiger partial charge is 0.497 e. The molecule has 0 spiro atoms. The number of ether oxygens (including phenoxy) is 3. The Hall–Kier alpha value is -2.28. The molecule has 1 saturated heterocycles. The van der Waals surface area contributed by atoms with Crippen LogP contribution in [0.4, 0.5) is 0 Å². The van der Waals surface area contributed by atoms with Gasteiger partial charge in [-0.3, -0.25) is 4.79 Å². The Balaban J connectivity index is 2.25. The second kappa shape index (κ2) is 6.65. The summed E-state index contributed by atoms with van der Waals surface area (Å²) < 4.78 is 15.6. The molecule has 2 atom stereocenters. The van der Waals surface area contributed by atoms with Crippen LogP contribution in [0.1, 0.15) is 17.3 Å². The third-order valence-electron chi connectivity index (χ3n) is 3.46. The Morgan fingerprint density at radius 1 is 1.27 bits per heavy atom. The predicted molar refractivity (Wildman–Crippen MR) is 77.4 cm³/mol. The molecule has 0 saturated carbocycles. The van der Waals surface area contributed by atoms with Gasteiger partial charge in [0, 0.05) is 12.6 Å². The molecule has 22 heavy (non-hydrogen) atoms. The lowest BCUT2D eigenvalue weighted by Crippen LogP contribution is -2.51. The zero-order valence-electron chi connectivity index (χ0n) is 12.7. The van der Waals surface area contributed by atoms with Crippen LogP contribution in [0, 0.1) is 0 Å². The summed E-state index contributed by atoms with van der Waals surface area (Å²) in [5.74, 6) is -0.408. The highest BCUT2D eigenvalue weighted by Crippen LogP contribution is 2.26. The molecular formula is C15H19NO6. The van der Waals surface area contributed by atoms with Crippen LogP contribution in [-0.2, 0) is 9.53 Å². The fraction of sp³-hybridized carbons (Fsp3) is 0.467. The second-order valence-electron chi connectivity index (χ2n) is 5.05. The highest BCUT2D eigenvalue weighted by molar-refractivity contribution is 5.97. The average molecular weight is 309 g/mol. The van der Waals surface area contributed by atoms with Crippen LogP contribution in [0.15, 0.2) is 18.2 Å². The Bertz CT molecular complexity index is 573. The van der Waals surface area contributed by atoms with E-state index in [2.05, 4.69) is 0 Å². The number of carbonyl (C=O) groups is 2. The van der Waals surface area contributed by atoms with Crippen LogP contribution in [0.3, 0.4) is 0 Å². The van der Waals surface area contributed by atoms with Gasteiger partial charge in [0.15, 0.2) is 6.10 Å². The van der Waals surface area contributed by atoms with Crippen molar-refractivity contribution in [2.24, 2.45) is 0 Å². The monoisotopic (exact) mass is 309 g/mol. The molecule has 1 N–H and O–H groups in total. The van der Waals surface area contributed by atoms with Gasteiger partial charge in [0.2, 0.25) is 0 Å². The maximum Gasteiger partial charge on any atom is 0.334 e. The summed E-state index contributed by atoms with van der Waals surface area (Å²) in [6.07, 6.45) is -1.36. The van der Waals surface area contributed by atoms with Gasteiger partial charge < -0.3 is 24.2 Å². The summed E-state index contributed by atoms with van der Waals surface area (Å²) in [5.41, 5.74) is 0.363. The molecule has 1 amide bonds. The first-order valence-electron chi connectivity index (χ1n) is 6.85. The van der Waals surface area contributed by atoms with Crippen molar-refractivity contribution in [3.8, 4) is 11.5 Å². The van der Waals surface area contributed by atoms with E-state index in [1.54, 1.807) is 25.1 Å². The molecule has 7 heteroatoms. The number of rotatable bonds is 4. The highest BCUT2D eigenvalue weighted by atomic mass is 16.5. The van der Waals surface area contributed by atoms with Crippen LogP contribution >= 0.6 is 0 Å². The number of aliphatic carboxylic acids is 1. The molecule has 1 fully saturated rings. The molecule has 1 aliphatic heterocycles. The summed E-state index contributed by atoms with van der Waals surface area (Å²) in [5, 5.41) is 9.09. The topological polar surface area (TPSA) is 85.3 Å². The first kappa shape index (κ1) is 16.1. The normalized spacial score (nSPS) is 21.3. The SMILES string of the molecule is COc1ccc(C(=O)N2CC(C(=O)O)O[C@H](C)C2)c(OC)c1. The Morgan fingerprint density at radius 2 is 2.00 bits per heavy atom. The van der Waals surface area contributed by atoms with E-state index in [0.29, 0.717) is 23.6 Å². The van der Waals surface area contributed by atoms with Crippen molar-refractivity contribution in [2.75, 3.05) is 27.3 Å². The number of hydrogen-bond acceptors (Lipinski definition) is 5. The molecule has 120 valence electrons. The smallest absolute Gasteiger partial charge is 0.334 e. The Labute approximate surface area is 128 Å². The minimum absolute atomic E-state index is 0.00763. The van der Waals surface area contributed by atoms with Crippen LogP contribution < -0.4 is 9.47 Å². The molecule has 2 rings (SSSR count). The maximum atomic E-state index is 12.6. The van der Waals surface area contributed by atoms with Gasteiger partial charge in [-0.05, 0) is 19.1 Å². The summed E-state index contributed by atoms with van der Waals surface area (Å²) in [4.78, 5) is 25.2. The van der Waals surface area contributed by atoms with Gasteiger partial charge in [-0.2, -0.15) is 0 Å². The molecule has 0 aliphatic carbocycles. The lowest BCUT2D eigenvalue weighted by molar-refractivity contribution is -0.160. The number of hydrogen-bond donors (Lipinski definition) is 1. The number of morpholine rings is 1. The van der Waals surface area contributed by atoms with Crippen LogP contribution in [-0.4, -0.2) is 61.4 Å². The summed E-state index contributed by atoms with van der Waals surface area (Å²) in [7, 11) is 2.99. The summed E-state index contributed by atoms with van der Waals surface area (Å²) in [6, 6.07) is 4.88. The van der Waals surface area contributed by atoms with Crippen LogP contribution in [0.2, 0.25) is 0 Å². The minimum atomic E-state index is -1.08. The fourth-order valence-electron chi connectivity index (χ4n) is 2.40. The van der Waals surface area contributed by atoms with Crippen LogP contribution in [0.5, 0.6) is 11.5 Å². The van der Waals surface area contributed by atoms with E-state index < -0.39 is 12.1 Å². The van der Waals surface area contributed by atoms with Gasteiger partial charge in [0.05, 0.1) is 32.4 Å². The van der Waals surface area contributed by atoms with Gasteiger partial charge in [0.25, 0.3) is 5.91 Å². The van der Waals surface area contributed by atoms with E-state index in [-0.39, 0.29) is 18.6 Å². The number of carboxylic acid groups (broad SMARTS) is 1. The molecule has 1 aromatic rings. The molecule has 1 unspecified atom stereocenters. The minimum Gasteiger partial charge on any atom is -0.497 e. The van der Waals surface area contributed by atoms with Gasteiger partial charge in [-0.15, -0.1) is 0 Å². The first-order chi connectivity index (χ1) is 10.5. The van der Waals surface area contributed by atoms with Crippen molar-refractivity contribution in [3.63, 3.8) is 0 Å². The number of methoxy groups -OCH3 is 2. The third-order valence-corrected chi connectivity index (χ3v) is 3.46. The number of nitrogens with zero attached hydrogens (tertiary/aromatic N) is 1. The van der Waals surface area contributed by atoms with Crippen molar-refractivity contribution in [1.29, 1.82) is 0 Å². The predicted octanol–water partition coefficient (Wildman–Crippen LogP) is 1.02. The van der Waals surface area contributed by atoms with E-state index in [4.69, 9.17) is 19.3 Å². The lowest BCUT2D eigenvalue weighted by Gasteiger charge is -2.35. The number of amides is 1. The maximum absolute atomic E-state index is 12.6. The molecule has 7 nitrogen and oxygen atoms in total. The molecular weight excluding hydrogens is 290 g/mol. The summed E-state index contributed by atoms with van der Waals surface area (Å²) >= 11 is 0. The van der Waals surface area contributed by atoms with Crippen molar-refractivity contribution >= 4 is 11.9 Å². The van der Waals surface area contributed by atoms with Gasteiger partial charge in [-0.25, -0.2) is 4.79 Å². The van der Waals surface area contributed by atoms with Crippen molar-refractivity contribution in [3.05, 3.63) is 23.8 Å². The van der Waals surface area contributed by atoms with E-state index >= 15 is 0 Å². The van der Waals surface area contributed by atoms with Crippen molar-refractivity contribution < 1.29 is 28.9 Å². The fourth-order valence-corrected chi connectivity index (χ4v) is 2.40. The van der Waals surface area contributed by atoms with Crippen molar-refractivity contribution in [1.82, 2.24) is 4.90 Å². The van der Waals surface area contributed by atoms with Crippen LogP contribution in [0.25, 0.3) is 0 Å². The standard InChI is InChI=1S/C15H19NO6/c1-9-7-16(8-13(22-9)15(18)19)14(17)11-5-4-10(20-2)6-12(11)21-3/h4-6,9,13H,7-8H2,1-3H3,(H,18,19)/t9-,13?/m1/s1. The zero-order chi connectivity index (χ0) is 16.3. The lowest BCUT2D eigenvalue weighted by atomic mass is 10.1. The number of carboxylic acids is 1. The highest BCUT2D eigenvalue weighted by Gasteiger charge is 2.33. The van der Waals surface area contributed by atoms with E-state index in [1.807, 2.05) is 0 Å². The van der Waals surface area contributed by atoms with E-state index in [9.17, 15) is 9.59 Å². The third kappa shape index (κ3) is 3.30. The summed E-state index contributed by atoms with van der Waals surface area (Å²) in [6.45, 7) is 2.08. The molecule has 0 aromatic heterocycles. The number of carbonyl (C=O) groups excluding carboxylic acids is 1. The Morgan fingerprint density at radius 3 is 2.59 bits per heavy atom. The molecule has 1 aromatic carbocycles. The quantitative estimate of drug-likeness (QED) is 0.893. The molecule has 0 radical (unpaired) electrons. The molecule has 0 bridgehead atoms. The zero-order valence-corrected chi connectivity index (χ0v) is 12.7. The van der Waals surface area contributed by atoms with Gasteiger partial charge >= 0.3 is 5.97 Å². The van der Waals surface area contributed by atoms with E-state index in [1.165, 1.54) is 19.1 Å². The first-order valence-corrected chi connectivity index (χ1v) is 6.85. The van der Waals surface area contributed by atoms with Crippen molar-refractivity contribution in [2.45, 2.75) is 19.1 Å². The van der Waals surface area contributed by atoms with Gasteiger partial charge in [0.1, 0.15) is 11.5 Å².